The highest BCUT2D eigenvalue weighted by atomic mass is 16.4. The first kappa shape index (κ1) is 15.4. The quantitative estimate of drug-likeness (QED) is 0.743. The van der Waals surface area contributed by atoms with Crippen LogP contribution in [0, 0.1) is 18.3 Å². The number of hydrogen-bond donors (Lipinski definition) is 1. The van der Waals surface area contributed by atoms with Gasteiger partial charge in [-0.3, -0.25) is 4.79 Å². The molecular formula is C14H22N2O3. The van der Waals surface area contributed by atoms with Gasteiger partial charge in [0.25, 0.3) is 0 Å². The van der Waals surface area contributed by atoms with Gasteiger partial charge in [0.15, 0.2) is 0 Å². The van der Waals surface area contributed by atoms with E-state index >= 15 is 0 Å². The molecule has 106 valence electrons. The fraction of sp³-hybridized carbons (Fsp3) is 0.714. The Morgan fingerprint density at radius 2 is 2.26 bits per heavy atom. The molecule has 0 aromatic rings. The van der Waals surface area contributed by atoms with Crippen LogP contribution in [0.5, 0.6) is 0 Å². The zero-order valence-corrected chi connectivity index (χ0v) is 11.5. The van der Waals surface area contributed by atoms with Crippen molar-refractivity contribution in [3.8, 4) is 12.3 Å². The summed E-state index contributed by atoms with van der Waals surface area (Å²) in [5.74, 6) is 2.04. The fourth-order valence-corrected chi connectivity index (χ4v) is 2.39. The van der Waals surface area contributed by atoms with E-state index in [0.29, 0.717) is 38.5 Å². The van der Waals surface area contributed by atoms with E-state index in [9.17, 15) is 9.59 Å². The molecular weight excluding hydrogens is 244 g/mol. The number of amides is 2. The smallest absolute Gasteiger partial charge is 0.320 e. The van der Waals surface area contributed by atoms with Crippen LogP contribution in [-0.4, -0.2) is 53.1 Å². The van der Waals surface area contributed by atoms with E-state index in [-0.39, 0.29) is 12.5 Å². The number of carbonyl (C=O) groups is 2. The third-order valence-electron chi connectivity index (χ3n) is 3.37. The van der Waals surface area contributed by atoms with Crippen LogP contribution in [0.15, 0.2) is 0 Å². The molecule has 1 atom stereocenters. The fourth-order valence-electron chi connectivity index (χ4n) is 2.39. The number of hydrogen-bond acceptors (Lipinski definition) is 2. The molecule has 5 nitrogen and oxygen atoms in total. The van der Waals surface area contributed by atoms with Gasteiger partial charge < -0.3 is 14.9 Å². The van der Waals surface area contributed by atoms with Gasteiger partial charge in [-0.25, -0.2) is 4.79 Å². The lowest BCUT2D eigenvalue weighted by molar-refractivity contribution is -0.137. The third kappa shape index (κ3) is 4.82. The van der Waals surface area contributed by atoms with Crippen molar-refractivity contribution in [2.24, 2.45) is 5.92 Å². The lowest BCUT2D eigenvalue weighted by Gasteiger charge is -2.26. The van der Waals surface area contributed by atoms with E-state index in [1.54, 1.807) is 9.80 Å². The Morgan fingerprint density at radius 1 is 1.53 bits per heavy atom. The summed E-state index contributed by atoms with van der Waals surface area (Å²) < 4.78 is 0. The van der Waals surface area contributed by atoms with Crippen molar-refractivity contribution in [2.45, 2.75) is 32.6 Å². The Morgan fingerprint density at radius 3 is 2.84 bits per heavy atom. The van der Waals surface area contributed by atoms with Crippen LogP contribution in [0.3, 0.4) is 0 Å². The Bertz CT molecular complexity index is 362. The lowest BCUT2D eigenvalue weighted by Crippen LogP contribution is -2.42. The highest BCUT2D eigenvalue weighted by molar-refractivity contribution is 5.75. The number of likely N-dealkylation sites (tertiary alicyclic amines) is 1. The second-order valence-corrected chi connectivity index (χ2v) is 4.94. The van der Waals surface area contributed by atoms with Crippen molar-refractivity contribution in [2.75, 3.05) is 26.2 Å². The number of urea groups is 1. The Hall–Kier alpha value is -1.70. The Labute approximate surface area is 114 Å². The molecule has 1 fully saturated rings. The molecule has 0 radical (unpaired) electrons. The number of terminal acetylenes is 1. The van der Waals surface area contributed by atoms with Crippen LogP contribution in [0.1, 0.15) is 32.6 Å². The molecule has 0 saturated carbocycles. The maximum absolute atomic E-state index is 12.2. The molecule has 0 aliphatic carbocycles. The van der Waals surface area contributed by atoms with Gasteiger partial charge in [-0.1, -0.05) is 12.8 Å². The van der Waals surface area contributed by atoms with Crippen molar-refractivity contribution in [3.05, 3.63) is 0 Å². The second kappa shape index (κ2) is 7.67. The summed E-state index contributed by atoms with van der Waals surface area (Å²) in [7, 11) is 0. The number of aliphatic carboxylic acids is 1. The summed E-state index contributed by atoms with van der Waals surface area (Å²) in [6.45, 7) is 4.36. The standard InChI is InChI=1S/C14H22N2O3/c1-3-8-15(9-4-2)14(19)16-10-7-12(11-16)5-6-13(17)18/h1,12H,4-11H2,2H3,(H,17,18). The van der Waals surface area contributed by atoms with E-state index in [2.05, 4.69) is 5.92 Å². The maximum Gasteiger partial charge on any atom is 0.320 e. The first-order chi connectivity index (χ1) is 9.08. The van der Waals surface area contributed by atoms with E-state index in [1.165, 1.54) is 0 Å². The average Bonchev–Trinajstić information content (AvgIpc) is 2.84. The third-order valence-corrected chi connectivity index (χ3v) is 3.37. The minimum absolute atomic E-state index is 0.0161. The topological polar surface area (TPSA) is 60.9 Å². The van der Waals surface area contributed by atoms with Gasteiger partial charge in [0, 0.05) is 26.1 Å². The Kier molecular flexibility index (Phi) is 6.20. The molecule has 1 heterocycles. The van der Waals surface area contributed by atoms with Crippen molar-refractivity contribution in [1.82, 2.24) is 9.80 Å². The lowest BCUT2D eigenvalue weighted by atomic mass is 10.0. The molecule has 1 saturated heterocycles. The monoisotopic (exact) mass is 266 g/mol. The summed E-state index contributed by atoms with van der Waals surface area (Å²) in [6, 6.07) is -0.0161. The molecule has 0 spiro atoms. The van der Waals surface area contributed by atoms with Crippen LogP contribution in [0.4, 0.5) is 4.79 Å². The zero-order chi connectivity index (χ0) is 14.3. The highest BCUT2D eigenvalue weighted by Gasteiger charge is 2.28. The zero-order valence-electron chi connectivity index (χ0n) is 11.5. The predicted molar refractivity (Wildman–Crippen MR) is 72.6 cm³/mol. The summed E-state index contributed by atoms with van der Waals surface area (Å²) in [6.07, 6.45) is 7.86. The molecule has 0 bridgehead atoms. The molecule has 2 amide bonds. The molecule has 1 rings (SSSR count). The van der Waals surface area contributed by atoms with Crippen LogP contribution in [-0.2, 0) is 4.79 Å². The summed E-state index contributed by atoms with van der Waals surface area (Å²) in [5.41, 5.74) is 0. The maximum atomic E-state index is 12.2. The number of nitrogens with zero attached hydrogens (tertiary/aromatic N) is 2. The minimum Gasteiger partial charge on any atom is -0.481 e. The number of carboxylic acids is 1. The van der Waals surface area contributed by atoms with E-state index in [4.69, 9.17) is 11.5 Å². The molecule has 1 aliphatic heterocycles. The largest absolute Gasteiger partial charge is 0.481 e. The van der Waals surface area contributed by atoms with Crippen molar-refractivity contribution in [1.29, 1.82) is 0 Å². The van der Waals surface area contributed by atoms with Gasteiger partial charge >= 0.3 is 12.0 Å². The summed E-state index contributed by atoms with van der Waals surface area (Å²) in [4.78, 5) is 26.3. The van der Waals surface area contributed by atoms with E-state index in [1.807, 2.05) is 6.92 Å². The molecule has 0 aromatic carbocycles. The van der Waals surface area contributed by atoms with Crippen LogP contribution < -0.4 is 0 Å². The summed E-state index contributed by atoms with van der Waals surface area (Å²) >= 11 is 0. The first-order valence-electron chi connectivity index (χ1n) is 6.77. The molecule has 5 heteroatoms. The van der Waals surface area contributed by atoms with Crippen LogP contribution >= 0.6 is 0 Å². The number of carboxylic acid groups (broad SMARTS) is 1. The van der Waals surface area contributed by atoms with Gasteiger partial charge in [-0.05, 0) is 25.2 Å². The molecule has 1 aliphatic rings. The van der Waals surface area contributed by atoms with Crippen LogP contribution in [0.25, 0.3) is 0 Å². The van der Waals surface area contributed by atoms with Crippen molar-refractivity contribution in [3.63, 3.8) is 0 Å². The predicted octanol–water partition coefficient (Wildman–Crippen LogP) is 1.64. The molecule has 1 N–H and O–H groups in total. The SMILES string of the molecule is C#CCN(CCC)C(=O)N1CCC(CCC(=O)O)C1. The van der Waals surface area contributed by atoms with Gasteiger partial charge in [0.2, 0.25) is 0 Å². The van der Waals surface area contributed by atoms with Crippen LogP contribution in [0.2, 0.25) is 0 Å². The number of rotatable bonds is 6. The van der Waals surface area contributed by atoms with E-state index in [0.717, 1.165) is 12.8 Å². The second-order valence-electron chi connectivity index (χ2n) is 4.94. The molecule has 0 aromatic heterocycles. The van der Waals surface area contributed by atoms with Crippen molar-refractivity contribution >= 4 is 12.0 Å². The molecule has 1 unspecified atom stereocenters. The van der Waals surface area contributed by atoms with Crippen molar-refractivity contribution < 1.29 is 14.7 Å². The normalized spacial score (nSPS) is 18.1. The number of carbonyl (C=O) groups excluding carboxylic acids is 1. The minimum atomic E-state index is -0.773. The van der Waals surface area contributed by atoms with Gasteiger partial charge in [-0.15, -0.1) is 6.42 Å². The van der Waals surface area contributed by atoms with Gasteiger partial charge in [0.1, 0.15) is 0 Å². The van der Waals surface area contributed by atoms with Gasteiger partial charge in [-0.2, -0.15) is 0 Å². The summed E-state index contributed by atoms with van der Waals surface area (Å²) in [5, 5.41) is 8.67. The molecule has 19 heavy (non-hydrogen) atoms. The average molecular weight is 266 g/mol. The highest BCUT2D eigenvalue weighted by Crippen LogP contribution is 2.22. The van der Waals surface area contributed by atoms with E-state index < -0.39 is 5.97 Å². The Balaban J connectivity index is 2.45. The first-order valence-corrected chi connectivity index (χ1v) is 6.77. The van der Waals surface area contributed by atoms with Gasteiger partial charge in [0.05, 0.1) is 6.54 Å².